The van der Waals surface area contributed by atoms with Crippen LogP contribution >= 0.6 is 11.6 Å². The summed E-state index contributed by atoms with van der Waals surface area (Å²) < 4.78 is 38.8. The van der Waals surface area contributed by atoms with Gasteiger partial charge in [0.25, 0.3) is 10.0 Å². The summed E-state index contributed by atoms with van der Waals surface area (Å²) in [6.07, 6.45) is 0.630. The molecule has 3 rings (SSSR count). The van der Waals surface area contributed by atoms with Crippen LogP contribution < -0.4 is 19.1 Å². The number of carbonyl (C=O) groups is 1. The zero-order valence-electron chi connectivity index (χ0n) is 19.9. The van der Waals surface area contributed by atoms with Crippen molar-refractivity contribution < 1.29 is 22.7 Å². The first kappa shape index (κ1) is 26.4. The van der Waals surface area contributed by atoms with Crippen LogP contribution in [0.1, 0.15) is 31.9 Å². The maximum absolute atomic E-state index is 13.5. The highest BCUT2D eigenvalue weighted by atomic mass is 35.5. The molecular formula is C26H29ClN2O5S. The van der Waals surface area contributed by atoms with Gasteiger partial charge in [-0.1, -0.05) is 30.7 Å². The molecule has 186 valence electrons. The van der Waals surface area contributed by atoms with Crippen molar-refractivity contribution in [1.82, 2.24) is 5.32 Å². The minimum absolute atomic E-state index is 0.0331. The van der Waals surface area contributed by atoms with Gasteiger partial charge in [-0.15, -0.1) is 0 Å². The Bertz CT molecular complexity index is 1210. The molecule has 0 spiro atoms. The van der Waals surface area contributed by atoms with Crippen molar-refractivity contribution in [2.24, 2.45) is 0 Å². The molecule has 0 aliphatic rings. The minimum atomic E-state index is -4.05. The van der Waals surface area contributed by atoms with Gasteiger partial charge < -0.3 is 14.8 Å². The highest BCUT2D eigenvalue weighted by Gasteiger charge is 2.28. The van der Waals surface area contributed by atoms with Crippen LogP contribution in [-0.2, 0) is 14.8 Å². The Balaban J connectivity index is 1.89. The summed E-state index contributed by atoms with van der Waals surface area (Å²) in [5.74, 6) is 0.889. The summed E-state index contributed by atoms with van der Waals surface area (Å²) in [4.78, 5) is 13.1. The van der Waals surface area contributed by atoms with Gasteiger partial charge in [0.05, 0.1) is 30.3 Å². The Labute approximate surface area is 211 Å². The Hall–Kier alpha value is -3.23. The largest absolute Gasteiger partial charge is 0.497 e. The van der Waals surface area contributed by atoms with Gasteiger partial charge in [0.1, 0.15) is 18.0 Å². The number of anilines is 1. The van der Waals surface area contributed by atoms with E-state index in [4.69, 9.17) is 21.1 Å². The lowest BCUT2D eigenvalue weighted by atomic mass is 10.0. The summed E-state index contributed by atoms with van der Waals surface area (Å²) in [5.41, 5.74) is 1.24. The normalized spacial score (nSPS) is 12.0. The van der Waals surface area contributed by atoms with Crippen molar-refractivity contribution in [3.8, 4) is 11.5 Å². The Morgan fingerprint density at radius 2 is 1.54 bits per heavy atom. The standard InChI is InChI=1S/C26H29ClN2O5S/c1-4-25(19-6-12-22(33-3)13-7-19)28-26(30)18-29(21-10-14-23(15-11-21)34-5-2)35(31,32)24-16-8-20(27)9-17-24/h6-17,25H,4-5,18H2,1-3H3,(H,28,30)/t25-/m0/s1. The average molecular weight is 517 g/mol. The number of ether oxygens (including phenoxy) is 2. The molecule has 1 N–H and O–H groups in total. The number of rotatable bonds is 11. The fraction of sp³-hybridized carbons (Fsp3) is 0.269. The van der Waals surface area contributed by atoms with Gasteiger partial charge in [-0.3, -0.25) is 9.10 Å². The second-order valence-electron chi connectivity index (χ2n) is 7.69. The first-order chi connectivity index (χ1) is 16.8. The third-order valence-corrected chi connectivity index (χ3v) is 7.43. The molecule has 3 aromatic rings. The van der Waals surface area contributed by atoms with Gasteiger partial charge in [0.15, 0.2) is 0 Å². The molecule has 9 heteroatoms. The number of carbonyl (C=O) groups excluding carboxylic acids is 1. The van der Waals surface area contributed by atoms with E-state index < -0.39 is 22.5 Å². The number of hydrogen-bond acceptors (Lipinski definition) is 5. The molecule has 0 fully saturated rings. The molecule has 0 aliphatic carbocycles. The summed E-state index contributed by atoms with van der Waals surface area (Å²) in [5, 5.41) is 3.37. The predicted molar refractivity (Wildman–Crippen MR) is 138 cm³/mol. The van der Waals surface area contributed by atoms with Gasteiger partial charge in [0, 0.05) is 5.02 Å². The maximum Gasteiger partial charge on any atom is 0.264 e. The molecule has 0 aromatic heterocycles. The lowest BCUT2D eigenvalue weighted by Crippen LogP contribution is -2.42. The molecule has 0 bridgehead atoms. The molecule has 3 aromatic carbocycles. The van der Waals surface area contributed by atoms with Crippen LogP contribution in [0.4, 0.5) is 5.69 Å². The fourth-order valence-corrected chi connectivity index (χ4v) is 5.10. The van der Waals surface area contributed by atoms with Gasteiger partial charge in [-0.05, 0) is 79.6 Å². The van der Waals surface area contributed by atoms with Crippen LogP contribution in [0, 0.1) is 0 Å². The third kappa shape index (κ3) is 6.68. The van der Waals surface area contributed by atoms with E-state index in [2.05, 4.69) is 5.32 Å². The van der Waals surface area contributed by atoms with Crippen LogP contribution in [-0.4, -0.2) is 34.6 Å². The Morgan fingerprint density at radius 1 is 0.943 bits per heavy atom. The van der Waals surface area contributed by atoms with E-state index in [1.807, 2.05) is 38.1 Å². The number of sulfonamides is 1. The van der Waals surface area contributed by atoms with E-state index in [1.54, 1.807) is 31.4 Å². The van der Waals surface area contributed by atoms with Crippen molar-refractivity contribution in [3.05, 3.63) is 83.4 Å². The first-order valence-corrected chi connectivity index (χ1v) is 13.0. The Kier molecular flexibility index (Phi) is 9.01. The molecule has 1 atom stereocenters. The average Bonchev–Trinajstić information content (AvgIpc) is 2.87. The number of halogens is 1. The quantitative estimate of drug-likeness (QED) is 0.378. The number of benzene rings is 3. The molecular weight excluding hydrogens is 488 g/mol. The molecule has 1 amide bonds. The molecule has 0 radical (unpaired) electrons. The van der Waals surface area contributed by atoms with Gasteiger partial charge in [0.2, 0.25) is 5.91 Å². The first-order valence-electron chi connectivity index (χ1n) is 11.2. The van der Waals surface area contributed by atoms with Crippen molar-refractivity contribution >= 4 is 33.2 Å². The number of amides is 1. The molecule has 0 saturated carbocycles. The van der Waals surface area contributed by atoms with Gasteiger partial charge >= 0.3 is 0 Å². The number of methoxy groups -OCH3 is 1. The van der Waals surface area contributed by atoms with Crippen molar-refractivity contribution in [3.63, 3.8) is 0 Å². The molecule has 35 heavy (non-hydrogen) atoms. The molecule has 0 unspecified atom stereocenters. The van der Waals surface area contributed by atoms with Crippen molar-refractivity contribution in [2.75, 3.05) is 24.6 Å². The summed E-state index contributed by atoms with van der Waals surface area (Å²) in [6.45, 7) is 3.90. The van der Waals surface area contributed by atoms with E-state index >= 15 is 0 Å². The van der Waals surface area contributed by atoms with Crippen LogP contribution in [0.3, 0.4) is 0 Å². The van der Waals surface area contributed by atoms with E-state index in [0.29, 0.717) is 35.2 Å². The SMILES string of the molecule is CCOc1ccc(N(CC(=O)N[C@@H](CC)c2ccc(OC)cc2)S(=O)(=O)c2ccc(Cl)cc2)cc1. The van der Waals surface area contributed by atoms with Gasteiger partial charge in [-0.25, -0.2) is 8.42 Å². The number of hydrogen-bond donors (Lipinski definition) is 1. The number of nitrogens with one attached hydrogen (secondary N) is 1. The molecule has 0 aliphatic heterocycles. The number of nitrogens with zero attached hydrogens (tertiary/aromatic N) is 1. The van der Waals surface area contributed by atoms with E-state index in [-0.39, 0.29) is 10.9 Å². The van der Waals surface area contributed by atoms with Gasteiger partial charge in [-0.2, -0.15) is 0 Å². The minimum Gasteiger partial charge on any atom is -0.497 e. The second kappa shape index (κ2) is 12.0. The lowest BCUT2D eigenvalue weighted by Gasteiger charge is -2.26. The van der Waals surface area contributed by atoms with Crippen molar-refractivity contribution in [2.45, 2.75) is 31.2 Å². The van der Waals surface area contributed by atoms with E-state index in [1.165, 1.54) is 24.3 Å². The van der Waals surface area contributed by atoms with Crippen molar-refractivity contribution in [1.29, 1.82) is 0 Å². The third-order valence-electron chi connectivity index (χ3n) is 5.39. The second-order valence-corrected chi connectivity index (χ2v) is 9.99. The predicted octanol–water partition coefficient (Wildman–Crippen LogP) is 5.21. The van der Waals surface area contributed by atoms with E-state index in [9.17, 15) is 13.2 Å². The lowest BCUT2D eigenvalue weighted by molar-refractivity contribution is -0.120. The fourth-order valence-electron chi connectivity index (χ4n) is 3.55. The molecule has 7 nitrogen and oxygen atoms in total. The van der Waals surface area contributed by atoms with Crippen LogP contribution in [0.2, 0.25) is 5.02 Å². The highest BCUT2D eigenvalue weighted by molar-refractivity contribution is 7.92. The molecule has 0 saturated heterocycles. The molecule has 0 heterocycles. The van der Waals surface area contributed by atoms with E-state index in [0.717, 1.165) is 9.87 Å². The van der Waals surface area contributed by atoms with Crippen LogP contribution in [0.5, 0.6) is 11.5 Å². The summed E-state index contributed by atoms with van der Waals surface area (Å²) in [6, 6.07) is 19.5. The monoisotopic (exact) mass is 516 g/mol. The smallest absolute Gasteiger partial charge is 0.264 e. The Morgan fingerprint density at radius 3 is 2.09 bits per heavy atom. The highest BCUT2D eigenvalue weighted by Crippen LogP contribution is 2.27. The summed E-state index contributed by atoms with van der Waals surface area (Å²) >= 11 is 5.95. The zero-order chi connectivity index (χ0) is 25.4. The van der Waals surface area contributed by atoms with Crippen LogP contribution in [0.15, 0.2) is 77.7 Å². The summed E-state index contributed by atoms with van der Waals surface area (Å²) in [7, 11) is -2.46. The maximum atomic E-state index is 13.5. The zero-order valence-corrected chi connectivity index (χ0v) is 21.5. The van der Waals surface area contributed by atoms with Crippen LogP contribution in [0.25, 0.3) is 0 Å². The topological polar surface area (TPSA) is 84.9 Å².